The van der Waals surface area contributed by atoms with E-state index in [0.717, 1.165) is 9.13 Å². The molecule has 0 aliphatic carbocycles. The minimum absolute atomic E-state index is 0.171. The highest BCUT2D eigenvalue weighted by Gasteiger charge is 2.23. The molecule has 1 aliphatic rings. The third-order valence-electron chi connectivity index (χ3n) is 3.75. The van der Waals surface area contributed by atoms with E-state index in [0.29, 0.717) is 33.7 Å². The molecule has 28 heavy (non-hydrogen) atoms. The summed E-state index contributed by atoms with van der Waals surface area (Å²) in [6.07, 6.45) is 1.57. The van der Waals surface area contributed by atoms with Crippen LogP contribution in [0.15, 0.2) is 36.0 Å². The fourth-order valence-electron chi connectivity index (χ4n) is 2.51. The standard InChI is InChI=1S/C19H15Cl2IN2O4/c1-2-27-16-7-10(6-15-18(25)24-19(26)23-15)5-14(22)17(16)28-9-11-3-4-12(20)8-13(11)21/h3-8H,2,9H2,1H3,(H2,23,24,25,26)/b15-6+. The van der Waals surface area contributed by atoms with Gasteiger partial charge in [0.15, 0.2) is 11.5 Å². The number of ether oxygens (including phenoxy) is 2. The second-order valence-corrected chi connectivity index (χ2v) is 7.76. The first-order chi connectivity index (χ1) is 13.4. The maximum absolute atomic E-state index is 11.7. The second-order valence-electron chi connectivity index (χ2n) is 5.75. The van der Waals surface area contributed by atoms with Crippen molar-refractivity contribution in [2.75, 3.05) is 6.61 Å². The molecule has 0 unspecified atom stereocenters. The molecule has 3 amide bonds. The van der Waals surface area contributed by atoms with Crippen LogP contribution in [0.5, 0.6) is 11.5 Å². The lowest BCUT2D eigenvalue weighted by molar-refractivity contribution is -0.115. The van der Waals surface area contributed by atoms with Crippen LogP contribution >= 0.6 is 45.8 Å². The third kappa shape index (κ3) is 4.89. The minimum atomic E-state index is -0.546. The molecule has 2 aromatic rings. The van der Waals surface area contributed by atoms with Crippen molar-refractivity contribution in [1.29, 1.82) is 0 Å². The Labute approximate surface area is 185 Å². The van der Waals surface area contributed by atoms with Gasteiger partial charge >= 0.3 is 6.03 Å². The van der Waals surface area contributed by atoms with Gasteiger partial charge in [0.25, 0.3) is 5.91 Å². The van der Waals surface area contributed by atoms with Crippen molar-refractivity contribution < 1.29 is 19.1 Å². The van der Waals surface area contributed by atoms with E-state index < -0.39 is 11.9 Å². The molecule has 146 valence electrons. The molecule has 2 aromatic carbocycles. The Hall–Kier alpha value is -1.97. The van der Waals surface area contributed by atoms with Gasteiger partial charge in [0.1, 0.15) is 12.3 Å². The third-order valence-corrected chi connectivity index (χ3v) is 5.14. The van der Waals surface area contributed by atoms with Crippen molar-refractivity contribution in [2.45, 2.75) is 13.5 Å². The minimum Gasteiger partial charge on any atom is -0.490 e. The molecule has 0 radical (unpaired) electrons. The van der Waals surface area contributed by atoms with Gasteiger partial charge in [-0.05, 0) is 65.4 Å². The quantitative estimate of drug-likeness (QED) is 0.319. The zero-order valence-electron chi connectivity index (χ0n) is 14.6. The van der Waals surface area contributed by atoms with Crippen molar-refractivity contribution in [2.24, 2.45) is 0 Å². The Morgan fingerprint density at radius 3 is 2.54 bits per heavy atom. The predicted molar refractivity (Wildman–Crippen MR) is 116 cm³/mol. The number of carbonyl (C=O) groups is 2. The first kappa shape index (κ1) is 20.8. The first-order valence-electron chi connectivity index (χ1n) is 8.24. The molecule has 3 rings (SSSR count). The molecule has 1 heterocycles. The molecule has 1 fully saturated rings. The van der Waals surface area contributed by atoms with Crippen LogP contribution in [0.1, 0.15) is 18.1 Å². The molecule has 1 aliphatic heterocycles. The molecule has 1 saturated heterocycles. The average Bonchev–Trinajstić information content (AvgIpc) is 2.93. The Morgan fingerprint density at radius 1 is 1.11 bits per heavy atom. The van der Waals surface area contributed by atoms with E-state index in [-0.39, 0.29) is 12.3 Å². The molecule has 6 nitrogen and oxygen atoms in total. The summed E-state index contributed by atoms with van der Waals surface area (Å²) in [5, 5.41) is 5.69. The number of nitrogens with one attached hydrogen (secondary N) is 2. The lowest BCUT2D eigenvalue weighted by Crippen LogP contribution is -2.22. The lowest BCUT2D eigenvalue weighted by atomic mass is 10.1. The monoisotopic (exact) mass is 532 g/mol. The molecule has 0 bridgehead atoms. The summed E-state index contributed by atoms with van der Waals surface area (Å²) in [6.45, 7) is 2.54. The van der Waals surface area contributed by atoms with Crippen molar-refractivity contribution in [3.8, 4) is 11.5 Å². The van der Waals surface area contributed by atoms with Gasteiger partial charge in [-0.2, -0.15) is 0 Å². The number of hydrogen-bond donors (Lipinski definition) is 2. The summed E-state index contributed by atoms with van der Waals surface area (Å²) < 4.78 is 12.5. The predicted octanol–water partition coefficient (Wildman–Crippen LogP) is 4.76. The van der Waals surface area contributed by atoms with Gasteiger partial charge in [-0.25, -0.2) is 4.79 Å². The summed E-state index contributed by atoms with van der Waals surface area (Å²) in [6, 6.07) is 8.24. The fraction of sp³-hybridized carbons (Fsp3) is 0.158. The maximum atomic E-state index is 11.7. The Balaban J connectivity index is 1.87. The van der Waals surface area contributed by atoms with Gasteiger partial charge in [-0.15, -0.1) is 0 Å². The number of hydrogen-bond acceptors (Lipinski definition) is 4. The van der Waals surface area contributed by atoms with Crippen LogP contribution in [0.25, 0.3) is 6.08 Å². The molecule has 0 saturated carbocycles. The van der Waals surface area contributed by atoms with Crippen LogP contribution in [0.2, 0.25) is 10.0 Å². The van der Waals surface area contributed by atoms with Gasteiger partial charge in [0.2, 0.25) is 0 Å². The summed E-state index contributed by atoms with van der Waals surface area (Å²) in [5.74, 6) is 0.613. The maximum Gasteiger partial charge on any atom is 0.326 e. The smallest absolute Gasteiger partial charge is 0.326 e. The highest BCUT2D eigenvalue weighted by molar-refractivity contribution is 14.1. The van der Waals surface area contributed by atoms with E-state index in [1.807, 2.05) is 13.0 Å². The summed E-state index contributed by atoms with van der Waals surface area (Å²) in [4.78, 5) is 23.0. The van der Waals surface area contributed by atoms with E-state index in [1.165, 1.54) is 0 Å². The number of amides is 3. The van der Waals surface area contributed by atoms with E-state index in [4.69, 9.17) is 32.7 Å². The highest BCUT2D eigenvalue weighted by atomic mass is 127. The Morgan fingerprint density at radius 2 is 1.89 bits per heavy atom. The molecule has 9 heteroatoms. The highest BCUT2D eigenvalue weighted by Crippen LogP contribution is 2.36. The molecule has 0 atom stereocenters. The van der Waals surface area contributed by atoms with Gasteiger partial charge in [-0.1, -0.05) is 29.3 Å². The summed E-state index contributed by atoms with van der Waals surface area (Å²) >= 11 is 14.3. The van der Waals surface area contributed by atoms with Crippen molar-refractivity contribution in [1.82, 2.24) is 10.6 Å². The van der Waals surface area contributed by atoms with E-state index in [2.05, 4.69) is 33.2 Å². The second kappa shape index (κ2) is 9.02. The Kier molecular flexibility index (Phi) is 6.69. The van der Waals surface area contributed by atoms with Crippen molar-refractivity contribution in [3.63, 3.8) is 0 Å². The summed E-state index contributed by atoms with van der Waals surface area (Å²) in [5.41, 5.74) is 1.66. The number of urea groups is 1. The fourth-order valence-corrected chi connectivity index (χ4v) is 3.76. The molecule has 0 aromatic heterocycles. The number of benzene rings is 2. The van der Waals surface area contributed by atoms with Crippen LogP contribution in [-0.4, -0.2) is 18.5 Å². The van der Waals surface area contributed by atoms with E-state index >= 15 is 0 Å². The van der Waals surface area contributed by atoms with E-state index in [9.17, 15) is 9.59 Å². The summed E-state index contributed by atoms with van der Waals surface area (Å²) in [7, 11) is 0. The molecular weight excluding hydrogens is 518 g/mol. The number of rotatable bonds is 6. The lowest BCUT2D eigenvalue weighted by Gasteiger charge is -2.15. The number of carbonyl (C=O) groups excluding carboxylic acids is 2. The van der Waals surface area contributed by atoms with Crippen molar-refractivity contribution in [3.05, 3.63) is 60.8 Å². The van der Waals surface area contributed by atoms with Crippen LogP contribution in [0.3, 0.4) is 0 Å². The number of imide groups is 1. The van der Waals surface area contributed by atoms with Crippen LogP contribution in [-0.2, 0) is 11.4 Å². The zero-order chi connectivity index (χ0) is 20.3. The van der Waals surface area contributed by atoms with E-state index in [1.54, 1.807) is 30.3 Å². The SMILES string of the molecule is CCOc1cc(/C=C2/NC(=O)NC2=O)cc(I)c1OCc1ccc(Cl)cc1Cl. The molecular formula is C19H15Cl2IN2O4. The molecule has 2 N–H and O–H groups in total. The topological polar surface area (TPSA) is 76.7 Å². The average molecular weight is 533 g/mol. The first-order valence-corrected chi connectivity index (χ1v) is 10.1. The Bertz CT molecular complexity index is 979. The normalized spacial score (nSPS) is 14.8. The van der Waals surface area contributed by atoms with Gasteiger partial charge in [-0.3, -0.25) is 10.1 Å². The van der Waals surface area contributed by atoms with Crippen LogP contribution in [0, 0.1) is 3.57 Å². The van der Waals surface area contributed by atoms with Gasteiger partial charge in [0, 0.05) is 15.6 Å². The van der Waals surface area contributed by atoms with Crippen LogP contribution < -0.4 is 20.1 Å². The van der Waals surface area contributed by atoms with Crippen LogP contribution in [0.4, 0.5) is 4.79 Å². The van der Waals surface area contributed by atoms with Gasteiger partial charge in [0.05, 0.1) is 10.2 Å². The van der Waals surface area contributed by atoms with Crippen molar-refractivity contribution >= 4 is 63.8 Å². The number of halogens is 3. The zero-order valence-corrected chi connectivity index (χ0v) is 18.3. The molecule has 0 spiro atoms. The van der Waals surface area contributed by atoms with Gasteiger partial charge < -0.3 is 14.8 Å². The largest absolute Gasteiger partial charge is 0.490 e.